The van der Waals surface area contributed by atoms with E-state index in [0.29, 0.717) is 0 Å². The molecular formula is C52H38B2F8N2O. The molecule has 0 radical (unpaired) electrons. The van der Waals surface area contributed by atoms with Gasteiger partial charge in [0, 0.05) is 58.7 Å². The molecule has 0 atom stereocenters. The van der Waals surface area contributed by atoms with Crippen LogP contribution in [0.2, 0.25) is 0 Å². The molecule has 65 heavy (non-hydrogen) atoms. The first kappa shape index (κ1) is 45.2. The summed E-state index contributed by atoms with van der Waals surface area (Å²) >= 11 is 0. The fourth-order valence-corrected chi connectivity index (χ4v) is 7.11. The van der Waals surface area contributed by atoms with Crippen molar-refractivity contribution in [3.05, 3.63) is 224 Å². The maximum absolute atomic E-state index is 9.75. The normalized spacial score (nSPS) is 11.1. The zero-order valence-electron chi connectivity index (χ0n) is 34.4. The van der Waals surface area contributed by atoms with Gasteiger partial charge in [-0.3, -0.25) is 0 Å². The van der Waals surface area contributed by atoms with Crippen molar-refractivity contribution in [2.24, 2.45) is 0 Å². The molecule has 0 bridgehead atoms. The monoisotopic (exact) mass is 880 g/mol. The lowest BCUT2D eigenvalue weighted by Gasteiger charge is -2.13. The Morgan fingerprint density at radius 3 is 0.985 bits per heavy atom. The van der Waals surface area contributed by atoms with Crippen LogP contribution in [0.25, 0.3) is 73.0 Å². The number of pyridine rings is 2. The van der Waals surface area contributed by atoms with Crippen molar-refractivity contribution in [3.63, 3.8) is 0 Å². The van der Waals surface area contributed by atoms with Crippen LogP contribution < -0.4 is 14.3 Å². The van der Waals surface area contributed by atoms with E-state index in [4.69, 9.17) is 4.74 Å². The van der Waals surface area contributed by atoms with Gasteiger partial charge in [-0.15, -0.1) is 0 Å². The number of nitrogens with one attached hydrogen (secondary N) is 1. The zero-order valence-corrected chi connectivity index (χ0v) is 34.4. The predicted octanol–water partition coefficient (Wildman–Crippen LogP) is 15.2. The zero-order chi connectivity index (χ0) is 45.8. The van der Waals surface area contributed by atoms with Gasteiger partial charge in [-0.1, -0.05) is 115 Å². The molecule has 9 aromatic rings. The van der Waals surface area contributed by atoms with Crippen molar-refractivity contribution in [1.82, 2.24) is 0 Å². The highest BCUT2D eigenvalue weighted by molar-refractivity contribution is 6.50. The Labute approximate surface area is 371 Å². The highest BCUT2D eigenvalue weighted by Crippen LogP contribution is 2.34. The number of hydrogen-bond donors (Lipinski definition) is 0. The Balaban J connectivity index is 0.000000571. The van der Waals surface area contributed by atoms with Gasteiger partial charge in [0.25, 0.3) is 0 Å². The number of halogens is 8. The summed E-state index contributed by atoms with van der Waals surface area (Å²) in [5.41, 5.74) is 14.5. The second-order valence-electron chi connectivity index (χ2n) is 14.5. The van der Waals surface area contributed by atoms with Crippen molar-refractivity contribution in [3.8, 4) is 84.5 Å². The number of hydrogen-bond acceptors (Lipinski definition) is 1. The first-order valence-electron chi connectivity index (χ1n) is 20.3. The topological polar surface area (TPSA) is 27.2 Å². The number of H-pyrrole nitrogens is 1. The van der Waals surface area contributed by atoms with Gasteiger partial charge in [-0.2, -0.15) is 4.57 Å². The van der Waals surface area contributed by atoms with Crippen LogP contribution in [0.15, 0.2) is 224 Å². The van der Waals surface area contributed by atoms with E-state index in [9.17, 15) is 34.5 Å². The Bertz CT molecular complexity index is 2770. The summed E-state index contributed by atoms with van der Waals surface area (Å²) in [4.78, 5) is 3.69. The lowest BCUT2D eigenvalue weighted by atomic mass is 9.95. The smallest absolute Gasteiger partial charge is 0.457 e. The predicted molar refractivity (Wildman–Crippen MR) is 244 cm³/mol. The van der Waals surface area contributed by atoms with Crippen molar-refractivity contribution in [1.29, 1.82) is 0 Å². The van der Waals surface area contributed by atoms with Crippen molar-refractivity contribution >= 4 is 14.5 Å². The average Bonchev–Trinajstić information content (AvgIpc) is 3.32. The molecule has 0 amide bonds. The van der Waals surface area contributed by atoms with E-state index in [1.54, 1.807) is 0 Å². The molecular weight excluding hydrogens is 842 g/mol. The molecule has 2 aromatic heterocycles. The SMILES string of the molecule is F[B-](F)(F)F.F[B-](F)(F)F.c1ccc(Oc2ccc(-[n+]3c(-c4ccccc4)cc(-c4ccc(-c5cc(-c6ccccc6)[nH+]c(-c6ccccc6)c5)cc4)cc3-c3ccccc3)cc2)cc1. The van der Waals surface area contributed by atoms with E-state index in [1.807, 2.05) is 42.5 Å². The summed E-state index contributed by atoms with van der Waals surface area (Å²) in [7, 11) is -12.0. The van der Waals surface area contributed by atoms with Gasteiger partial charge in [0.15, 0.2) is 0 Å². The standard InChI is InChI=1S/C52H37N2O.2BF4/c1-6-16-40(17-7-1)49-34-44(35-50(53-49)41-18-8-2-9-19-41)38-26-28-39(29-27-38)45-36-51(42-20-10-3-11-21-42)54(52(37-45)43-22-12-4-13-23-43)46-30-32-48(33-31-46)55-47-24-14-5-15-25-47;2*2-1(3,4)5/h1-37H;;/q+1;2*-1/p+1. The van der Waals surface area contributed by atoms with Gasteiger partial charge >= 0.3 is 14.5 Å². The van der Waals surface area contributed by atoms with Gasteiger partial charge in [-0.05, 0) is 95.1 Å². The van der Waals surface area contributed by atoms with Crippen LogP contribution >= 0.6 is 0 Å². The van der Waals surface area contributed by atoms with Crippen LogP contribution in [0.5, 0.6) is 11.5 Å². The number of benzene rings is 7. The maximum atomic E-state index is 9.75. The molecule has 9 rings (SSSR count). The average molecular weight is 880 g/mol. The van der Waals surface area contributed by atoms with Crippen molar-refractivity contribution in [2.45, 2.75) is 0 Å². The number of nitrogens with zero attached hydrogens (tertiary/aromatic N) is 1. The fraction of sp³-hybridized carbons (Fsp3) is 0. The molecule has 0 aliphatic carbocycles. The summed E-state index contributed by atoms with van der Waals surface area (Å²) in [6.07, 6.45) is 0. The largest absolute Gasteiger partial charge is 0.673 e. The third-order valence-electron chi connectivity index (χ3n) is 9.87. The fourth-order valence-electron chi connectivity index (χ4n) is 7.11. The van der Waals surface area contributed by atoms with Crippen LogP contribution in [-0.4, -0.2) is 14.5 Å². The summed E-state index contributed by atoms with van der Waals surface area (Å²) in [6, 6.07) is 78.6. The molecule has 0 aliphatic heterocycles. The first-order valence-corrected chi connectivity index (χ1v) is 20.3. The van der Waals surface area contributed by atoms with E-state index in [0.717, 1.165) is 84.5 Å². The van der Waals surface area contributed by atoms with Crippen molar-refractivity contribution < 1.29 is 48.8 Å². The lowest BCUT2D eigenvalue weighted by Crippen LogP contribution is -2.36. The summed E-state index contributed by atoms with van der Waals surface area (Å²) < 4.78 is 86.5. The van der Waals surface area contributed by atoms with Crippen LogP contribution in [-0.2, 0) is 0 Å². The molecule has 0 fully saturated rings. The van der Waals surface area contributed by atoms with Crippen molar-refractivity contribution in [2.75, 3.05) is 0 Å². The second kappa shape index (κ2) is 20.6. The van der Waals surface area contributed by atoms with E-state index in [2.05, 4.69) is 192 Å². The highest BCUT2D eigenvalue weighted by Gasteiger charge is 2.26. The minimum Gasteiger partial charge on any atom is -0.457 e. The quantitative estimate of drug-likeness (QED) is 0.0806. The molecule has 7 aromatic carbocycles. The second-order valence-corrected chi connectivity index (χ2v) is 14.5. The molecule has 3 nitrogen and oxygen atoms in total. The lowest BCUT2D eigenvalue weighted by molar-refractivity contribution is -0.572. The van der Waals surface area contributed by atoms with Crippen LogP contribution in [0.3, 0.4) is 0 Å². The van der Waals surface area contributed by atoms with Crippen LogP contribution in [0.4, 0.5) is 34.5 Å². The number of para-hydroxylation sites is 1. The van der Waals surface area contributed by atoms with Gasteiger partial charge in [0.05, 0.1) is 0 Å². The van der Waals surface area contributed by atoms with Crippen LogP contribution in [0.1, 0.15) is 0 Å². The summed E-state index contributed by atoms with van der Waals surface area (Å²) in [5.74, 6) is 1.60. The maximum Gasteiger partial charge on any atom is 0.673 e. The highest BCUT2D eigenvalue weighted by atomic mass is 19.5. The molecule has 13 heteroatoms. The molecule has 0 saturated heterocycles. The minimum atomic E-state index is -6.00. The van der Waals surface area contributed by atoms with E-state index in [-0.39, 0.29) is 0 Å². The molecule has 0 aliphatic rings. The first-order chi connectivity index (χ1) is 31.2. The molecule has 0 spiro atoms. The number of rotatable bonds is 9. The van der Waals surface area contributed by atoms with E-state index >= 15 is 0 Å². The Morgan fingerprint density at radius 2 is 0.615 bits per heavy atom. The van der Waals surface area contributed by atoms with E-state index in [1.165, 1.54) is 0 Å². The van der Waals surface area contributed by atoms with Gasteiger partial charge < -0.3 is 39.3 Å². The number of aromatic amines is 1. The van der Waals surface area contributed by atoms with Crippen LogP contribution in [0, 0.1) is 0 Å². The third kappa shape index (κ3) is 13.1. The molecule has 324 valence electrons. The number of aromatic nitrogens is 2. The van der Waals surface area contributed by atoms with Gasteiger partial charge in [-0.25, -0.2) is 4.98 Å². The Hall–Kier alpha value is -7.79. The number of ether oxygens (including phenoxy) is 1. The molecule has 2 heterocycles. The van der Waals surface area contributed by atoms with Gasteiger partial charge in [0.1, 0.15) is 11.5 Å². The van der Waals surface area contributed by atoms with Gasteiger partial charge in [0.2, 0.25) is 28.5 Å². The molecule has 0 unspecified atom stereocenters. The Kier molecular flexibility index (Phi) is 14.3. The minimum absolute atomic E-state index is 0.790. The third-order valence-corrected chi connectivity index (χ3v) is 9.87. The van der Waals surface area contributed by atoms with E-state index < -0.39 is 14.5 Å². The Morgan fingerprint density at radius 1 is 0.308 bits per heavy atom. The molecule has 1 N–H and O–H groups in total. The molecule has 0 saturated carbocycles. The summed E-state index contributed by atoms with van der Waals surface area (Å²) in [5, 5.41) is 0. The summed E-state index contributed by atoms with van der Waals surface area (Å²) in [6.45, 7) is 0.